The third-order valence-electron chi connectivity index (χ3n) is 8.74. The lowest BCUT2D eigenvalue weighted by Crippen LogP contribution is -2.55. The zero-order valence-electron chi connectivity index (χ0n) is 23.9. The van der Waals surface area contributed by atoms with Crippen LogP contribution in [-0.4, -0.2) is 43.7 Å². The molecule has 0 spiro atoms. The van der Waals surface area contributed by atoms with E-state index < -0.39 is 5.60 Å². The lowest BCUT2D eigenvalue weighted by Gasteiger charge is -2.40. The molecule has 1 amide bonds. The van der Waals surface area contributed by atoms with Crippen molar-refractivity contribution in [3.63, 3.8) is 0 Å². The molecule has 1 aliphatic carbocycles. The van der Waals surface area contributed by atoms with E-state index in [1.807, 2.05) is 30.3 Å². The molecule has 0 bridgehead atoms. The van der Waals surface area contributed by atoms with E-state index in [9.17, 15) is 4.79 Å². The zero-order chi connectivity index (χ0) is 27.6. The van der Waals surface area contributed by atoms with Crippen molar-refractivity contribution in [2.75, 3.05) is 26.8 Å². The Hall–Kier alpha value is -3.15. The summed E-state index contributed by atoms with van der Waals surface area (Å²) in [5.74, 6) is 0.987. The summed E-state index contributed by atoms with van der Waals surface area (Å²) in [6.07, 6.45) is 8.01. The molecule has 5 rings (SSSR count). The first-order valence-electron chi connectivity index (χ1n) is 15.1. The Morgan fingerprint density at radius 1 is 0.850 bits per heavy atom. The first-order valence-corrected chi connectivity index (χ1v) is 15.1. The molecule has 0 radical (unpaired) electrons. The predicted molar refractivity (Wildman–Crippen MR) is 160 cm³/mol. The average molecular weight is 541 g/mol. The standard InChI is InChI=1S/C35H44N2O3/c1-39-33-20-18-31(19-21-33)35(30-16-8-9-17-30,40-26-10-15-28-11-4-2-5-12-28)34(38)36-32-22-24-37(25-23-32)27-29-13-6-3-7-14-29/h2-7,11-14,18-21,30,32H,8-10,15-17,22-27H2,1H3,(H,36,38). The van der Waals surface area contributed by atoms with Crippen LogP contribution < -0.4 is 10.1 Å². The maximum Gasteiger partial charge on any atom is 0.257 e. The number of methoxy groups -OCH3 is 1. The van der Waals surface area contributed by atoms with Gasteiger partial charge in [0.2, 0.25) is 0 Å². The number of benzene rings is 3. The van der Waals surface area contributed by atoms with Gasteiger partial charge in [0.15, 0.2) is 5.60 Å². The van der Waals surface area contributed by atoms with E-state index in [2.05, 4.69) is 64.8 Å². The fourth-order valence-electron chi connectivity index (χ4n) is 6.51. The van der Waals surface area contributed by atoms with E-state index in [1.54, 1.807) is 7.11 Å². The Morgan fingerprint density at radius 2 is 1.48 bits per heavy atom. The molecule has 1 unspecified atom stereocenters. The fraction of sp³-hybridized carbons (Fsp3) is 0.457. The largest absolute Gasteiger partial charge is 0.497 e. The number of aryl methyl sites for hydroxylation is 1. The molecular formula is C35H44N2O3. The van der Waals surface area contributed by atoms with E-state index >= 15 is 0 Å². The Kier molecular flexibility index (Phi) is 9.90. The summed E-state index contributed by atoms with van der Waals surface area (Å²) in [4.78, 5) is 16.9. The number of piperidine rings is 1. The van der Waals surface area contributed by atoms with Crippen LogP contribution in [0.5, 0.6) is 5.75 Å². The lowest BCUT2D eigenvalue weighted by molar-refractivity contribution is -0.160. The summed E-state index contributed by atoms with van der Waals surface area (Å²) in [5, 5.41) is 3.48. The van der Waals surface area contributed by atoms with Gasteiger partial charge in [-0.1, -0.05) is 85.6 Å². The summed E-state index contributed by atoms with van der Waals surface area (Å²) in [5.41, 5.74) is 2.60. The Balaban J connectivity index is 1.31. The molecule has 0 aromatic heterocycles. The van der Waals surface area contributed by atoms with Crippen LogP contribution in [0.4, 0.5) is 0 Å². The number of nitrogens with zero attached hydrogens (tertiary/aromatic N) is 1. The summed E-state index contributed by atoms with van der Waals surface area (Å²) in [7, 11) is 1.68. The Morgan fingerprint density at radius 3 is 2.10 bits per heavy atom. The number of rotatable bonds is 12. The number of carbonyl (C=O) groups is 1. The van der Waals surface area contributed by atoms with E-state index in [0.717, 1.165) is 82.3 Å². The summed E-state index contributed by atoms with van der Waals surface area (Å²) in [6, 6.07) is 29.3. The molecule has 3 aromatic rings. The molecule has 1 saturated carbocycles. The van der Waals surface area contributed by atoms with Crippen LogP contribution >= 0.6 is 0 Å². The van der Waals surface area contributed by atoms with Crippen LogP contribution in [0.1, 0.15) is 61.6 Å². The summed E-state index contributed by atoms with van der Waals surface area (Å²) < 4.78 is 12.3. The molecule has 1 N–H and O–H groups in total. The molecule has 1 atom stereocenters. The van der Waals surface area contributed by atoms with Crippen molar-refractivity contribution in [3.8, 4) is 5.75 Å². The number of hydrogen-bond acceptors (Lipinski definition) is 4. The third kappa shape index (κ3) is 6.94. The lowest BCUT2D eigenvalue weighted by atomic mass is 9.78. The van der Waals surface area contributed by atoms with Crippen molar-refractivity contribution in [3.05, 3.63) is 102 Å². The molecule has 2 fully saturated rings. The van der Waals surface area contributed by atoms with E-state index in [-0.39, 0.29) is 17.9 Å². The molecule has 40 heavy (non-hydrogen) atoms. The minimum absolute atomic E-state index is 0.0331. The normalized spacial score (nSPS) is 18.3. The van der Waals surface area contributed by atoms with Crippen LogP contribution in [0.2, 0.25) is 0 Å². The number of likely N-dealkylation sites (tertiary alicyclic amines) is 1. The van der Waals surface area contributed by atoms with E-state index in [4.69, 9.17) is 9.47 Å². The van der Waals surface area contributed by atoms with Gasteiger partial charge in [-0.3, -0.25) is 9.69 Å². The molecule has 2 aliphatic rings. The first kappa shape index (κ1) is 28.4. The van der Waals surface area contributed by atoms with Gasteiger partial charge in [-0.15, -0.1) is 0 Å². The molecule has 3 aromatic carbocycles. The number of hydrogen-bond donors (Lipinski definition) is 1. The Labute approximate surface area is 239 Å². The van der Waals surface area contributed by atoms with Crippen molar-refractivity contribution >= 4 is 5.91 Å². The second-order valence-electron chi connectivity index (χ2n) is 11.4. The molecular weight excluding hydrogens is 496 g/mol. The van der Waals surface area contributed by atoms with Gasteiger partial charge in [0, 0.05) is 38.2 Å². The van der Waals surface area contributed by atoms with Gasteiger partial charge in [-0.05, 0) is 67.3 Å². The van der Waals surface area contributed by atoms with Gasteiger partial charge in [0.25, 0.3) is 5.91 Å². The van der Waals surface area contributed by atoms with E-state index in [1.165, 1.54) is 11.1 Å². The van der Waals surface area contributed by atoms with Crippen molar-refractivity contribution in [1.29, 1.82) is 0 Å². The molecule has 1 saturated heterocycles. The minimum Gasteiger partial charge on any atom is -0.497 e. The minimum atomic E-state index is -0.985. The van der Waals surface area contributed by atoms with Gasteiger partial charge < -0.3 is 14.8 Å². The second kappa shape index (κ2) is 14.0. The van der Waals surface area contributed by atoms with Crippen LogP contribution in [0.15, 0.2) is 84.9 Å². The van der Waals surface area contributed by atoms with Crippen LogP contribution in [0, 0.1) is 5.92 Å². The monoisotopic (exact) mass is 540 g/mol. The highest BCUT2D eigenvalue weighted by atomic mass is 16.5. The number of ether oxygens (including phenoxy) is 2. The van der Waals surface area contributed by atoms with Crippen LogP contribution in [-0.2, 0) is 28.1 Å². The Bertz CT molecular complexity index is 1170. The highest BCUT2D eigenvalue weighted by Crippen LogP contribution is 2.44. The molecule has 1 aliphatic heterocycles. The molecule has 5 nitrogen and oxygen atoms in total. The van der Waals surface area contributed by atoms with Gasteiger partial charge in [0.1, 0.15) is 5.75 Å². The van der Waals surface area contributed by atoms with Crippen molar-refractivity contribution < 1.29 is 14.3 Å². The SMILES string of the molecule is COc1ccc(C(OCCCc2ccccc2)(C(=O)NC2CCN(Cc3ccccc3)CC2)C2CCCC2)cc1. The maximum absolute atomic E-state index is 14.4. The molecule has 5 heteroatoms. The number of carbonyl (C=O) groups excluding carboxylic acids is 1. The summed E-state index contributed by atoms with van der Waals surface area (Å²) in [6.45, 7) is 3.47. The zero-order valence-corrected chi connectivity index (χ0v) is 23.9. The average Bonchev–Trinajstić information content (AvgIpc) is 3.55. The highest BCUT2D eigenvalue weighted by Gasteiger charge is 2.49. The first-order chi connectivity index (χ1) is 19.7. The third-order valence-corrected chi connectivity index (χ3v) is 8.74. The van der Waals surface area contributed by atoms with Crippen LogP contribution in [0.25, 0.3) is 0 Å². The van der Waals surface area contributed by atoms with Crippen molar-refractivity contribution in [2.45, 2.75) is 69.6 Å². The number of nitrogens with one attached hydrogen (secondary N) is 1. The number of amides is 1. The van der Waals surface area contributed by atoms with Gasteiger partial charge in [0.05, 0.1) is 7.11 Å². The van der Waals surface area contributed by atoms with E-state index in [0.29, 0.717) is 6.61 Å². The smallest absolute Gasteiger partial charge is 0.257 e. The molecule has 1 heterocycles. The van der Waals surface area contributed by atoms with Crippen LogP contribution in [0.3, 0.4) is 0 Å². The predicted octanol–water partition coefficient (Wildman–Crippen LogP) is 6.51. The van der Waals surface area contributed by atoms with Gasteiger partial charge in [-0.2, -0.15) is 0 Å². The van der Waals surface area contributed by atoms with Gasteiger partial charge >= 0.3 is 0 Å². The van der Waals surface area contributed by atoms with Crippen molar-refractivity contribution in [2.24, 2.45) is 5.92 Å². The van der Waals surface area contributed by atoms with Crippen molar-refractivity contribution in [1.82, 2.24) is 10.2 Å². The topological polar surface area (TPSA) is 50.8 Å². The molecule has 212 valence electrons. The fourth-order valence-corrected chi connectivity index (χ4v) is 6.51. The summed E-state index contributed by atoms with van der Waals surface area (Å²) >= 11 is 0. The second-order valence-corrected chi connectivity index (χ2v) is 11.4. The van der Waals surface area contributed by atoms with Gasteiger partial charge in [-0.25, -0.2) is 0 Å². The quantitative estimate of drug-likeness (QED) is 0.266. The highest BCUT2D eigenvalue weighted by molar-refractivity contribution is 5.87. The maximum atomic E-state index is 14.4.